The number of carboxylic acids is 1. The molecule has 0 unspecified atom stereocenters. The fourth-order valence-electron chi connectivity index (χ4n) is 2.53. The van der Waals surface area contributed by atoms with Crippen LogP contribution in [0.1, 0.15) is 38.7 Å². The molecule has 0 bridgehead atoms. The third-order valence-corrected chi connectivity index (χ3v) is 3.82. The van der Waals surface area contributed by atoms with Crippen LogP contribution in [0.5, 0.6) is 0 Å². The van der Waals surface area contributed by atoms with Crippen LogP contribution >= 0.6 is 0 Å². The van der Waals surface area contributed by atoms with Crippen LogP contribution in [0.15, 0.2) is 30.3 Å². The molecule has 0 aliphatic rings. The van der Waals surface area contributed by atoms with Gasteiger partial charge >= 0.3 is 5.97 Å². The monoisotopic (exact) mass is 364 g/mol. The van der Waals surface area contributed by atoms with Crippen LogP contribution in [0.4, 0.5) is 0 Å². The predicted molar refractivity (Wildman–Crippen MR) is 97.4 cm³/mol. The molecule has 2 amide bonds. The first kappa shape index (κ1) is 21.6. The van der Waals surface area contributed by atoms with E-state index in [-0.39, 0.29) is 31.3 Å². The van der Waals surface area contributed by atoms with Crippen LogP contribution in [0.25, 0.3) is 0 Å². The number of carbonyl (C=O) groups is 3. The normalized spacial score (nSPS) is 13.1. The summed E-state index contributed by atoms with van der Waals surface area (Å²) in [5.74, 6) is -1.88. The second kappa shape index (κ2) is 11.3. The SMILES string of the molecule is CC(C)C[C@H](NC(=O)[C@H](Cc1ccccc1)NC(=O)CCCO)C(=O)O. The number of aliphatic hydroxyl groups is 1. The molecule has 0 aliphatic heterocycles. The van der Waals surface area contributed by atoms with Crippen molar-refractivity contribution in [3.63, 3.8) is 0 Å². The largest absolute Gasteiger partial charge is 0.480 e. The summed E-state index contributed by atoms with van der Waals surface area (Å²) in [6, 6.07) is 7.30. The Morgan fingerprint density at radius 1 is 1.04 bits per heavy atom. The maximum Gasteiger partial charge on any atom is 0.326 e. The van der Waals surface area contributed by atoms with Crippen molar-refractivity contribution in [3.05, 3.63) is 35.9 Å². The van der Waals surface area contributed by atoms with Gasteiger partial charge in [-0.05, 0) is 24.3 Å². The van der Waals surface area contributed by atoms with E-state index in [9.17, 15) is 19.5 Å². The molecule has 4 N–H and O–H groups in total. The maximum atomic E-state index is 12.6. The fraction of sp³-hybridized carbons (Fsp3) is 0.526. The maximum absolute atomic E-state index is 12.6. The summed E-state index contributed by atoms with van der Waals surface area (Å²) in [6.07, 6.45) is 0.961. The summed E-state index contributed by atoms with van der Waals surface area (Å²) in [6.45, 7) is 3.64. The fourth-order valence-corrected chi connectivity index (χ4v) is 2.53. The molecule has 0 heterocycles. The van der Waals surface area contributed by atoms with E-state index in [2.05, 4.69) is 10.6 Å². The Morgan fingerprint density at radius 2 is 1.69 bits per heavy atom. The van der Waals surface area contributed by atoms with E-state index in [0.717, 1.165) is 5.56 Å². The zero-order valence-corrected chi connectivity index (χ0v) is 15.3. The lowest BCUT2D eigenvalue weighted by molar-refractivity contribution is -0.142. The first-order valence-corrected chi connectivity index (χ1v) is 8.80. The van der Waals surface area contributed by atoms with E-state index in [4.69, 9.17) is 5.11 Å². The van der Waals surface area contributed by atoms with Crippen molar-refractivity contribution >= 4 is 17.8 Å². The molecule has 0 saturated heterocycles. The number of amides is 2. The number of hydrogen-bond donors (Lipinski definition) is 4. The highest BCUT2D eigenvalue weighted by atomic mass is 16.4. The number of nitrogens with one attached hydrogen (secondary N) is 2. The molecule has 1 aromatic carbocycles. The second-order valence-electron chi connectivity index (χ2n) is 6.67. The van der Waals surface area contributed by atoms with Gasteiger partial charge in [0, 0.05) is 19.4 Å². The number of carbonyl (C=O) groups excluding carboxylic acids is 2. The van der Waals surface area contributed by atoms with Gasteiger partial charge in [0.1, 0.15) is 12.1 Å². The average Bonchev–Trinajstić information content (AvgIpc) is 2.59. The third-order valence-electron chi connectivity index (χ3n) is 3.82. The number of aliphatic hydroxyl groups excluding tert-OH is 1. The molecule has 7 nitrogen and oxygen atoms in total. The number of aliphatic carboxylic acids is 1. The number of rotatable bonds is 11. The van der Waals surface area contributed by atoms with E-state index in [1.54, 1.807) is 0 Å². The summed E-state index contributed by atoms with van der Waals surface area (Å²) in [5, 5.41) is 23.3. The lowest BCUT2D eigenvalue weighted by Crippen LogP contribution is -2.52. The summed E-state index contributed by atoms with van der Waals surface area (Å²) in [4.78, 5) is 36.0. The standard InChI is InChI=1S/C19H28N2O5/c1-13(2)11-16(19(25)26)21-18(24)15(20-17(23)9-6-10-22)12-14-7-4-3-5-8-14/h3-5,7-8,13,15-16,22H,6,9-12H2,1-2H3,(H,20,23)(H,21,24)(H,25,26)/t15-,16-/m0/s1. The highest BCUT2D eigenvalue weighted by molar-refractivity contribution is 5.90. The zero-order chi connectivity index (χ0) is 19.5. The van der Waals surface area contributed by atoms with Gasteiger partial charge in [-0.25, -0.2) is 4.79 Å². The van der Waals surface area contributed by atoms with Gasteiger partial charge in [0.15, 0.2) is 0 Å². The van der Waals surface area contributed by atoms with Crippen LogP contribution in [0.3, 0.4) is 0 Å². The molecule has 26 heavy (non-hydrogen) atoms. The van der Waals surface area contributed by atoms with Gasteiger partial charge < -0.3 is 20.8 Å². The van der Waals surface area contributed by atoms with Crippen molar-refractivity contribution in [3.8, 4) is 0 Å². The smallest absolute Gasteiger partial charge is 0.326 e. The summed E-state index contributed by atoms with van der Waals surface area (Å²) >= 11 is 0. The Balaban J connectivity index is 2.85. The first-order valence-electron chi connectivity index (χ1n) is 8.80. The van der Waals surface area contributed by atoms with Crippen molar-refractivity contribution < 1.29 is 24.6 Å². The van der Waals surface area contributed by atoms with E-state index in [0.29, 0.717) is 12.8 Å². The number of benzene rings is 1. The number of hydrogen-bond acceptors (Lipinski definition) is 4. The van der Waals surface area contributed by atoms with E-state index in [1.807, 2.05) is 44.2 Å². The molecule has 144 valence electrons. The minimum Gasteiger partial charge on any atom is -0.480 e. The molecule has 1 rings (SSSR count). The Morgan fingerprint density at radius 3 is 2.23 bits per heavy atom. The third kappa shape index (κ3) is 8.11. The van der Waals surface area contributed by atoms with Crippen LogP contribution in [0, 0.1) is 5.92 Å². The minimum atomic E-state index is -1.10. The molecular weight excluding hydrogens is 336 g/mol. The minimum absolute atomic E-state index is 0.100. The van der Waals surface area contributed by atoms with Gasteiger partial charge in [-0.2, -0.15) is 0 Å². The van der Waals surface area contributed by atoms with E-state index < -0.39 is 24.0 Å². The molecule has 0 saturated carbocycles. The van der Waals surface area contributed by atoms with E-state index >= 15 is 0 Å². The number of carboxylic acid groups (broad SMARTS) is 1. The second-order valence-corrected chi connectivity index (χ2v) is 6.67. The van der Waals surface area contributed by atoms with Crippen molar-refractivity contribution in [1.29, 1.82) is 0 Å². The Bertz CT molecular complexity index is 589. The van der Waals surface area contributed by atoms with Crippen molar-refractivity contribution in [1.82, 2.24) is 10.6 Å². The van der Waals surface area contributed by atoms with Crippen molar-refractivity contribution in [2.75, 3.05) is 6.61 Å². The predicted octanol–water partition coefficient (Wildman–Crippen LogP) is 1.10. The highest BCUT2D eigenvalue weighted by Gasteiger charge is 2.27. The van der Waals surface area contributed by atoms with Gasteiger partial charge in [0.25, 0.3) is 0 Å². The van der Waals surface area contributed by atoms with Gasteiger partial charge in [-0.3, -0.25) is 9.59 Å². The molecule has 0 radical (unpaired) electrons. The van der Waals surface area contributed by atoms with Crippen molar-refractivity contribution in [2.45, 2.75) is 51.6 Å². The molecule has 0 aromatic heterocycles. The van der Waals surface area contributed by atoms with Gasteiger partial charge in [0.2, 0.25) is 11.8 Å². The molecule has 7 heteroatoms. The van der Waals surface area contributed by atoms with Crippen LogP contribution in [0.2, 0.25) is 0 Å². The molecule has 2 atom stereocenters. The molecule has 0 fully saturated rings. The topological polar surface area (TPSA) is 116 Å². The molecule has 0 aliphatic carbocycles. The molecular formula is C19H28N2O5. The lowest BCUT2D eigenvalue weighted by Gasteiger charge is -2.22. The Kier molecular flexibility index (Phi) is 9.36. The van der Waals surface area contributed by atoms with Crippen molar-refractivity contribution in [2.24, 2.45) is 5.92 Å². The van der Waals surface area contributed by atoms with Crippen LogP contribution in [-0.4, -0.2) is 46.7 Å². The Labute approximate surface area is 153 Å². The summed E-state index contributed by atoms with van der Waals surface area (Å²) in [7, 11) is 0. The highest BCUT2D eigenvalue weighted by Crippen LogP contribution is 2.08. The molecule has 1 aromatic rings. The van der Waals surface area contributed by atoms with Crippen LogP contribution < -0.4 is 10.6 Å². The molecule has 0 spiro atoms. The summed E-state index contributed by atoms with van der Waals surface area (Å²) < 4.78 is 0. The summed E-state index contributed by atoms with van der Waals surface area (Å²) in [5.41, 5.74) is 0.853. The van der Waals surface area contributed by atoms with Crippen LogP contribution in [-0.2, 0) is 20.8 Å². The Hall–Kier alpha value is -2.41. The van der Waals surface area contributed by atoms with E-state index in [1.165, 1.54) is 0 Å². The van der Waals surface area contributed by atoms with Gasteiger partial charge in [0.05, 0.1) is 0 Å². The lowest BCUT2D eigenvalue weighted by atomic mass is 10.0. The zero-order valence-electron chi connectivity index (χ0n) is 15.3. The van der Waals surface area contributed by atoms with Gasteiger partial charge in [-0.15, -0.1) is 0 Å². The van der Waals surface area contributed by atoms with Gasteiger partial charge in [-0.1, -0.05) is 44.2 Å². The first-order chi connectivity index (χ1) is 12.3. The quantitative estimate of drug-likeness (QED) is 0.469. The average molecular weight is 364 g/mol.